The van der Waals surface area contributed by atoms with Crippen molar-refractivity contribution < 1.29 is 9.90 Å². The van der Waals surface area contributed by atoms with E-state index >= 15 is 0 Å². The number of carboxylic acids is 1. The molecule has 2 heteroatoms. The van der Waals surface area contributed by atoms with E-state index in [1.165, 1.54) is 0 Å². The van der Waals surface area contributed by atoms with Crippen LogP contribution in [0.5, 0.6) is 0 Å². The second-order valence-corrected chi connectivity index (χ2v) is 4.29. The Balaban J connectivity index is 3.32. The SMILES string of the molecule is C#CC/C=C\C/C=C\C/C=C\CCCCCC(=O)O. The van der Waals surface area contributed by atoms with Crippen molar-refractivity contribution in [2.45, 2.75) is 51.4 Å². The van der Waals surface area contributed by atoms with Gasteiger partial charge in [0.15, 0.2) is 0 Å². The number of hydrogen-bond acceptors (Lipinski definition) is 1. The summed E-state index contributed by atoms with van der Waals surface area (Å²) in [7, 11) is 0. The van der Waals surface area contributed by atoms with Gasteiger partial charge in [0.1, 0.15) is 0 Å². The molecule has 1 N–H and O–H groups in total. The molecule has 0 fully saturated rings. The van der Waals surface area contributed by atoms with E-state index in [0.29, 0.717) is 12.8 Å². The fourth-order valence-corrected chi connectivity index (χ4v) is 1.53. The van der Waals surface area contributed by atoms with Crippen LogP contribution in [-0.2, 0) is 4.79 Å². The molecule has 0 aromatic carbocycles. The molecule has 0 bridgehead atoms. The first-order valence-electron chi connectivity index (χ1n) is 6.87. The Kier molecular flexibility index (Phi) is 13.0. The van der Waals surface area contributed by atoms with Gasteiger partial charge in [-0.3, -0.25) is 4.79 Å². The molecule has 19 heavy (non-hydrogen) atoms. The molecule has 0 radical (unpaired) electrons. The van der Waals surface area contributed by atoms with Crippen LogP contribution in [-0.4, -0.2) is 11.1 Å². The number of allylic oxidation sites excluding steroid dienone is 6. The maximum Gasteiger partial charge on any atom is 0.303 e. The highest BCUT2D eigenvalue weighted by atomic mass is 16.4. The van der Waals surface area contributed by atoms with Crippen LogP contribution in [0.2, 0.25) is 0 Å². The molecule has 0 saturated heterocycles. The monoisotopic (exact) mass is 260 g/mol. The standard InChI is InChI=1S/C17H24O2/c1-2-3-4-5-6-7-8-9-10-11-12-13-14-15-16-17(18)19/h1,4-5,7-8,10-11H,3,6,9,12-16H2,(H,18,19)/b5-4-,8-7-,11-10-. The van der Waals surface area contributed by atoms with E-state index in [9.17, 15) is 4.79 Å². The molecular weight excluding hydrogens is 236 g/mol. The summed E-state index contributed by atoms with van der Waals surface area (Å²) in [6, 6.07) is 0. The van der Waals surface area contributed by atoms with Crippen molar-refractivity contribution in [2.24, 2.45) is 0 Å². The lowest BCUT2D eigenvalue weighted by atomic mass is 10.1. The molecule has 0 spiro atoms. The summed E-state index contributed by atoms with van der Waals surface area (Å²) in [5, 5.41) is 8.47. The molecule has 0 amide bonds. The minimum Gasteiger partial charge on any atom is -0.481 e. The van der Waals surface area contributed by atoms with Gasteiger partial charge in [-0.1, -0.05) is 42.9 Å². The summed E-state index contributed by atoms with van der Waals surface area (Å²) in [5.74, 6) is 1.86. The van der Waals surface area contributed by atoms with Crippen molar-refractivity contribution in [2.75, 3.05) is 0 Å². The Morgan fingerprint density at radius 3 is 2.21 bits per heavy atom. The third kappa shape index (κ3) is 16.2. The minimum atomic E-state index is -0.697. The zero-order valence-electron chi connectivity index (χ0n) is 11.6. The van der Waals surface area contributed by atoms with Gasteiger partial charge in [0.25, 0.3) is 0 Å². The number of rotatable bonds is 11. The lowest BCUT2D eigenvalue weighted by Gasteiger charge is -1.94. The van der Waals surface area contributed by atoms with Crippen molar-refractivity contribution in [3.05, 3.63) is 36.5 Å². The number of carboxylic acid groups (broad SMARTS) is 1. The van der Waals surface area contributed by atoms with Crippen molar-refractivity contribution in [3.63, 3.8) is 0 Å². The van der Waals surface area contributed by atoms with E-state index in [1.54, 1.807) is 0 Å². The van der Waals surface area contributed by atoms with Gasteiger partial charge in [0.2, 0.25) is 0 Å². The van der Waals surface area contributed by atoms with Gasteiger partial charge < -0.3 is 5.11 Å². The van der Waals surface area contributed by atoms with Crippen molar-refractivity contribution in [1.82, 2.24) is 0 Å². The van der Waals surface area contributed by atoms with Gasteiger partial charge >= 0.3 is 5.97 Å². The van der Waals surface area contributed by atoms with Crippen LogP contribution in [0.25, 0.3) is 0 Å². The number of terminal acetylenes is 1. The highest BCUT2D eigenvalue weighted by Crippen LogP contribution is 2.04. The first-order chi connectivity index (χ1) is 9.27. The van der Waals surface area contributed by atoms with Crippen LogP contribution in [0.15, 0.2) is 36.5 Å². The number of carbonyl (C=O) groups is 1. The summed E-state index contributed by atoms with van der Waals surface area (Å²) < 4.78 is 0. The molecule has 0 unspecified atom stereocenters. The number of aliphatic carboxylic acids is 1. The highest BCUT2D eigenvalue weighted by Gasteiger charge is 1.94. The van der Waals surface area contributed by atoms with E-state index in [2.05, 4.69) is 36.3 Å². The van der Waals surface area contributed by atoms with Crippen LogP contribution < -0.4 is 0 Å². The quantitative estimate of drug-likeness (QED) is 0.337. The smallest absolute Gasteiger partial charge is 0.303 e. The summed E-state index contributed by atoms with van der Waals surface area (Å²) in [6.07, 6.45) is 24.6. The highest BCUT2D eigenvalue weighted by molar-refractivity contribution is 5.66. The topological polar surface area (TPSA) is 37.3 Å². The van der Waals surface area contributed by atoms with Crippen LogP contribution in [0.3, 0.4) is 0 Å². The number of unbranched alkanes of at least 4 members (excludes halogenated alkanes) is 3. The molecule has 2 nitrogen and oxygen atoms in total. The summed E-state index contributed by atoms with van der Waals surface area (Å²) >= 11 is 0. The molecule has 0 aromatic heterocycles. The maximum atomic E-state index is 10.3. The second-order valence-electron chi connectivity index (χ2n) is 4.29. The van der Waals surface area contributed by atoms with Crippen LogP contribution in [0, 0.1) is 12.3 Å². The summed E-state index contributed by atoms with van der Waals surface area (Å²) in [5.41, 5.74) is 0. The lowest BCUT2D eigenvalue weighted by molar-refractivity contribution is -0.137. The third-order valence-electron chi connectivity index (χ3n) is 2.54. The molecule has 0 heterocycles. The van der Waals surface area contributed by atoms with Gasteiger partial charge in [-0.2, -0.15) is 0 Å². The molecular formula is C17H24O2. The van der Waals surface area contributed by atoms with Crippen molar-refractivity contribution in [1.29, 1.82) is 0 Å². The Morgan fingerprint density at radius 2 is 1.58 bits per heavy atom. The van der Waals surface area contributed by atoms with Crippen molar-refractivity contribution in [3.8, 4) is 12.3 Å². The molecule has 0 aliphatic carbocycles. The van der Waals surface area contributed by atoms with Gasteiger partial charge in [0, 0.05) is 12.8 Å². The van der Waals surface area contributed by atoms with Gasteiger partial charge in [-0.05, 0) is 32.1 Å². The average Bonchev–Trinajstić information content (AvgIpc) is 2.39. The predicted octanol–water partition coefficient (Wildman–Crippen LogP) is 4.49. The molecule has 104 valence electrons. The Morgan fingerprint density at radius 1 is 0.947 bits per heavy atom. The zero-order valence-corrected chi connectivity index (χ0v) is 11.6. The Bertz CT molecular complexity index is 343. The minimum absolute atomic E-state index is 0.291. The first kappa shape index (κ1) is 17.2. The normalized spacial score (nSPS) is 11.5. The van der Waals surface area contributed by atoms with E-state index in [1.807, 2.05) is 6.08 Å². The fraction of sp³-hybridized carbons (Fsp3) is 0.471. The lowest BCUT2D eigenvalue weighted by Crippen LogP contribution is -1.93. The summed E-state index contributed by atoms with van der Waals surface area (Å²) in [4.78, 5) is 10.3. The van der Waals surface area contributed by atoms with Crippen LogP contribution in [0.4, 0.5) is 0 Å². The Hall–Kier alpha value is -1.75. The third-order valence-corrected chi connectivity index (χ3v) is 2.54. The fourth-order valence-electron chi connectivity index (χ4n) is 1.53. The molecule has 0 rings (SSSR count). The van der Waals surface area contributed by atoms with Crippen LogP contribution >= 0.6 is 0 Å². The summed E-state index contributed by atoms with van der Waals surface area (Å²) in [6.45, 7) is 0. The van der Waals surface area contributed by atoms with E-state index in [-0.39, 0.29) is 0 Å². The zero-order chi connectivity index (χ0) is 14.2. The van der Waals surface area contributed by atoms with Crippen molar-refractivity contribution >= 4 is 5.97 Å². The van der Waals surface area contributed by atoms with E-state index in [4.69, 9.17) is 11.5 Å². The average molecular weight is 260 g/mol. The maximum absolute atomic E-state index is 10.3. The molecule has 0 aliphatic rings. The molecule has 0 saturated carbocycles. The molecule has 0 aliphatic heterocycles. The van der Waals surface area contributed by atoms with Gasteiger partial charge in [-0.15, -0.1) is 12.3 Å². The first-order valence-corrected chi connectivity index (χ1v) is 6.87. The van der Waals surface area contributed by atoms with Gasteiger partial charge in [-0.25, -0.2) is 0 Å². The number of hydrogen-bond donors (Lipinski definition) is 1. The van der Waals surface area contributed by atoms with E-state index < -0.39 is 5.97 Å². The second kappa shape index (κ2) is 14.3. The van der Waals surface area contributed by atoms with Gasteiger partial charge in [0.05, 0.1) is 0 Å². The predicted molar refractivity (Wildman–Crippen MR) is 80.8 cm³/mol. The largest absolute Gasteiger partial charge is 0.481 e. The molecule has 0 aromatic rings. The van der Waals surface area contributed by atoms with E-state index in [0.717, 1.165) is 38.5 Å². The molecule has 0 atom stereocenters. The van der Waals surface area contributed by atoms with Crippen LogP contribution in [0.1, 0.15) is 51.4 Å². The Labute approximate surface area is 116 Å².